The second-order valence-electron chi connectivity index (χ2n) is 3.03. The quantitative estimate of drug-likeness (QED) is 0.708. The summed E-state index contributed by atoms with van der Waals surface area (Å²) in [6, 6.07) is 0.253. The Kier molecular flexibility index (Phi) is 3.14. The van der Waals surface area contributed by atoms with Crippen molar-refractivity contribution in [3.05, 3.63) is 0 Å². The summed E-state index contributed by atoms with van der Waals surface area (Å²) >= 11 is 1.54. The molecule has 0 saturated carbocycles. The molecule has 1 amide bonds. The molecule has 1 N–H and O–H groups in total. The molecule has 1 heterocycles. The van der Waals surface area contributed by atoms with Crippen molar-refractivity contribution >= 4 is 22.8 Å². The van der Waals surface area contributed by atoms with Crippen LogP contribution in [0.4, 0.5) is 0 Å². The minimum atomic E-state index is 0.0718. The van der Waals surface area contributed by atoms with Gasteiger partial charge in [-0.15, -0.1) is 0 Å². The fourth-order valence-corrected chi connectivity index (χ4v) is 2.00. The van der Waals surface area contributed by atoms with Crippen LogP contribution >= 0.6 is 11.8 Å². The summed E-state index contributed by atoms with van der Waals surface area (Å²) in [5.41, 5.74) is 0. The molecule has 3 nitrogen and oxygen atoms in total. The van der Waals surface area contributed by atoms with Gasteiger partial charge in [-0.1, -0.05) is 18.7 Å². The van der Waals surface area contributed by atoms with E-state index in [0.717, 1.165) is 11.6 Å². The predicted octanol–water partition coefficient (Wildman–Crippen LogP) is 1.39. The zero-order valence-corrected chi connectivity index (χ0v) is 8.44. The smallest absolute Gasteiger partial charge is 0.239 e. The highest BCUT2D eigenvalue weighted by molar-refractivity contribution is 8.15. The maximum atomic E-state index is 11.2. The van der Waals surface area contributed by atoms with Crippen molar-refractivity contribution in [2.75, 3.05) is 0 Å². The molecule has 0 aliphatic carbocycles. The van der Waals surface area contributed by atoms with E-state index in [1.165, 1.54) is 11.8 Å². The number of aliphatic imine (C=N–C) groups is 1. The molecule has 1 atom stereocenters. The molecule has 12 heavy (non-hydrogen) atoms. The van der Waals surface area contributed by atoms with Crippen molar-refractivity contribution in [2.45, 2.75) is 38.5 Å². The van der Waals surface area contributed by atoms with Crippen molar-refractivity contribution in [1.29, 1.82) is 0 Å². The van der Waals surface area contributed by atoms with Gasteiger partial charge in [0.25, 0.3) is 0 Å². The lowest BCUT2D eigenvalue weighted by atomic mass is 10.3. The van der Waals surface area contributed by atoms with Gasteiger partial charge in [0.1, 0.15) is 0 Å². The Morgan fingerprint density at radius 3 is 2.75 bits per heavy atom. The third kappa shape index (κ3) is 2.24. The van der Waals surface area contributed by atoms with E-state index in [1.807, 2.05) is 20.8 Å². The summed E-state index contributed by atoms with van der Waals surface area (Å²) in [5, 5.41) is 3.61. The third-order valence-electron chi connectivity index (χ3n) is 1.52. The predicted molar refractivity (Wildman–Crippen MR) is 52.4 cm³/mol. The fraction of sp³-hybridized carbons (Fsp3) is 0.750. The maximum Gasteiger partial charge on any atom is 0.239 e. The molecule has 0 aromatic heterocycles. The molecule has 1 fully saturated rings. The van der Waals surface area contributed by atoms with E-state index in [2.05, 4.69) is 10.3 Å². The average molecular weight is 186 g/mol. The standard InChI is InChI=1S/C8H14N2OS/c1-4-6-7(11)10-8(12-6)9-5(2)3/h5-6H,4H2,1-3H3,(H,9,10,11). The zero-order valence-electron chi connectivity index (χ0n) is 7.63. The van der Waals surface area contributed by atoms with Crippen molar-refractivity contribution < 1.29 is 4.79 Å². The highest BCUT2D eigenvalue weighted by Crippen LogP contribution is 2.22. The first kappa shape index (κ1) is 9.58. The molecule has 1 saturated heterocycles. The number of hydrogen-bond acceptors (Lipinski definition) is 3. The first-order chi connectivity index (χ1) is 5.63. The molecule has 1 unspecified atom stereocenters. The second-order valence-corrected chi connectivity index (χ2v) is 4.22. The molecule has 1 aliphatic rings. The summed E-state index contributed by atoms with van der Waals surface area (Å²) < 4.78 is 0. The van der Waals surface area contributed by atoms with Crippen molar-refractivity contribution in [2.24, 2.45) is 4.99 Å². The maximum absolute atomic E-state index is 11.2. The SMILES string of the molecule is CCC1SC(=NC(C)C)NC1=O. The summed E-state index contributed by atoms with van der Waals surface area (Å²) in [5.74, 6) is 0.0990. The van der Waals surface area contributed by atoms with Crippen LogP contribution in [0.3, 0.4) is 0 Å². The summed E-state index contributed by atoms with van der Waals surface area (Å²) in [7, 11) is 0. The van der Waals surface area contributed by atoms with Crippen LogP contribution in [-0.4, -0.2) is 22.4 Å². The Labute approximate surface area is 77.0 Å². The normalized spacial score (nSPS) is 26.8. The number of nitrogens with one attached hydrogen (secondary N) is 1. The van der Waals surface area contributed by atoms with Crippen LogP contribution in [-0.2, 0) is 4.79 Å². The van der Waals surface area contributed by atoms with Gasteiger partial charge in [-0.25, -0.2) is 0 Å². The lowest BCUT2D eigenvalue weighted by Gasteiger charge is -1.98. The summed E-state index contributed by atoms with van der Waals surface area (Å²) in [4.78, 5) is 15.5. The zero-order chi connectivity index (χ0) is 9.14. The van der Waals surface area contributed by atoms with Crippen LogP contribution in [0.1, 0.15) is 27.2 Å². The number of carbonyl (C=O) groups excluding carboxylic acids is 1. The highest BCUT2D eigenvalue weighted by Gasteiger charge is 2.28. The molecule has 0 aromatic rings. The molecule has 1 rings (SSSR count). The minimum Gasteiger partial charge on any atom is -0.304 e. The van der Waals surface area contributed by atoms with E-state index in [1.54, 1.807) is 0 Å². The second kappa shape index (κ2) is 3.94. The Morgan fingerprint density at radius 1 is 1.67 bits per heavy atom. The number of nitrogens with zero attached hydrogens (tertiary/aromatic N) is 1. The molecular weight excluding hydrogens is 172 g/mol. The number of rotatable bonds is 2. The largest absolute Gasteiger partial charge is 0.304 e. The topological polar surface area (TPSA) is 41.5 Å². The molecule has 4 heteroatoms. The van der Waals surface area contributed by atoms with Crippen LogP contribution in [0.2, 0.25) is 0 Å². The molecule has 0 bridgehead atoms. The Bertz CT molecular complexity index is 213. The Hall–Kier alpha value is -0.510. The summed E-state index contributed by atoms with van der Waals surface area (Å²) in [6.45, 7) is 6.01. The first-order valence-electron chi connectivity index (χ1n) is 4.18. The Balaban J connectivity index is 2.59. The van der Waals surface area contributed by atoms with Gasteiger partial charge in [-0.3, -0.25) is 9.79 Å². The number of thioether (sulfide) groups is 1. The van der Waals surface area contributed by atoms with Crippen molar-refractivity contribution in [3.63, 3.8) is 0 Å². The van der Waals surface area contributed by atoms with Gasteiger partial charge >= 0.3 is 0 Å². The number of amides is 1. The first-order valence-corrected chi connectivity index (χ1v) is 5.06. The summed E-state index contributed by atoms with van der Waals surface area (Å²) in [6.07, 6.45) is 0.869. The lowest BCUT2D eigenvalue weighted by Crippen LogP contribution is -2.24. The van der Waals surface area contributed by atoms with Gasteiger partial charge in [0.05, 0.1) is 5.25 Å². The van der Waals surface area contributed by atoms with Gasteiger partial charge in [0.15, 0.2) is 5.17 Å². The fourth-order valence-electron chi connectivity index (χ4n) is 0.970. The Morgan fingerprint density at radius 2 is 2.33 bits per heavy atom. The molecule has 0 spiro atoms. The van der Waals surface area contributed by atoms with E-state index < -0.39 is 0 Å². The van der Waals surface area contributed by atoms with Gasteiger partial charge in [-0.05, 0) is 20.3 Å². The van der Waals surface area contributed by atoms with E-state index in [4.69, 9.17) is 0 Å². The highest BCUT2D eigenvalue weighted by atomic mass is 32.2. The lowest BCUT2D eigenvalue weighted by molar-refractivity contribution is -0.118. The van der Waals surface area contributed by atoms with Crippen LogP contribution < -0.4 is 5.32 Å². The van der Waals surface area contributed by atoms with E-state index in [9.17, 15) is 4.79 Å². The van der Waals surface area contributed by atoms with Crippen molar-refractivity contribution in [1.82, 2.24) is 5.32 Å². The van der Waals surface area contributed by atoms with Crippen LogP contribution in [0.15, 0.2) is 4.99 Å². The monoisotopic (exact) mass is 186 g/mol. The molecule has 68 valence electrons. The van der Waals surface area contributed by atoms with Gasteiger partial charge < -0.3 is 5.32 Å². The van der Waals surface area contributed by atoms with Gasteiger partial charge in [0.2, 0.25) is 5.91 Å². The molecular formula is C8H14N2OS. The molecule has 0 aromatic carbocycles. The minimum absolute atomic E-state index is 0.0718. The van der Waals surface area contributed by atoms with Crippen LogP contribution in [0, 0.1) is 0 Å². The molecule has 1 aliphatic heterocycles. The van der Waals surface area contributed by atoms with Crippen LogP contribution in [0.5, 0.6) is 0 Å². The average Bonchev–Trinajstić information content (AvgIpc) is 2.29. The third-order valence-corrected chi connectivity index (χ3v) is 2.79. The van der Waals surface area contributed by atoms with Gasteiger partial charge in [0, 0.05) is 6.04 Å². The molecule has 0 radical (unpaired) electrons. The van der Waals surface area contributed by atoms with Gasteiger partial charge in [-0.2, -0.15) is 0 Å². The van der Waals surface area contributed by atoms with E-state index in [-0.39, 0.29) is 17.2 Å². The van der Waals surface area contributed by atoms with E-state index in [0.29, 0.717) is 0 Å². The van der Waals surface area contributed by atoms with Crippen molar-refractivity contribution in [3.8, 4) is 0 Å². The van der Waals surface area contributed by atoms with E-state index >= 15 is 0 Å². The number of hydrogen-bond donors (Lipinski definition) is 1. The number of carbonyl (C=O) groups is 1. The van der Waals surface area contributed by atoms with Crippen LogP contribution in [0.25, 0.3) is 0 Å². The number of amidine groups is 1.